The number of aromatic nitrogens is 1. The van der Waals surface area contributed by atoms with Gasteiger partial charge in [0.1, 0.15) is 17.3 Å². The van der Waals surface area contributed by atoms with Crippen molar-refractivity contribution < 1.29 is 19.1 Å². The molecule has 11 heteroatoms. The number of benzene rings is 2. The number of hydrogen-bond donors (Lipinski definition) is 4. The van der Waals surface area contributed by atoms with Crippen molar-refractivity contribution in [1.29, 1.82) is 0 Å². The number of anilines is 2. The summed E-state index contributed by atoms with van der Waals surface area (Å²) >= 11 is 5.94. The number of carbonyl (C=O) groups excluding carboxylic acids is 3. The first-order valence-electron chi connectivity index (χ1n) is 10.3. The van der Waals surface area contributed by atoms with E-state index in [1.54, 1.807) is 48.5 Å². The van der Waals surface area contributed by atoms with Gasteiger partial charge in [0, 0.05) is 17.6 Å². The van der Waals surface area contributed by atoms with Gasteiger partial charge in [-0.1, -0.05) is 23.7 Å². The Morgan fingerprint density at radius 3 is 2.41 bits per heavy atom. The largest absolute Gasteiger partial charge is 0.456 e. The van der Waals surface area contributed by atoms with Crippen molar-refractivity contribution in [1.82, 2.24) is 20.5 Å². The van der Waals surface area contributed by atoms with Gasteiger partial charge in [-0.05, 0) is 54.1 Å². The number of halogens is 1. The number of carbonyl (C=O) groups is 3. The second-order valence-electron chi connectivity index (χ2n) is 7.39. The van der Waals surface area contributed by atoms with Crippen LogP contribution in [0.25, 0.3) is 0 Å². The van der Waals surface area contributed by atoms with Crippen LogP contribution in [0.15, 0.2) is 66.9 Å². The molecule has 2 aromatic carbocycles. The topological polar surface area (TPSA) is 125 Å². The van der Waals surface area contributed by atoms with E-state index in [1.807, 2.05) is 12.1 Å². The summed E-state index contributed by atoms with van der Waals surface area (Å²) in [5, 5.41) is 11.3. The van der Waals surface area contributed by atoms with E-state index in [1.165, 1.54) is 18.0 Å². The Labute approximate surface area is 200 Å². The molecule has 0 aliphatic carbocycles. The van der Waals surface area contributed by atoms with Gasteiger partial charge in [0.15, 0.2) is 6.29 Å². The van der Waals surface area contributed by atoms with Crippen molar-refractivity contribution in [2.24, 2.45) is 0 Å². The third-order valence-corrected chi connectivity index (χ3v) is 5.01. The maximum atomic E-state index is 12.5. The number of pyridine rings is 1. The number of imide groups is 1. The van der Waals surface area contributed by atoms with E-state index in [4.69, 9.17) is 16.3 Å². The number of hydrogen-bond acceptors (Lipinski definition) is 6. The maximum Gasteiger partial charge on any atom is 0.328 e. The highest BCUT2D eigenvalue weighted by Crippen LogP contribution is 2.24. The number of amides is 5. The fourth-order valence-electron chi connectivity index (χ4n) is 3.20. The maximum absolute atomic E-state index is 12.5. The molecule has 10 nitrogen and oxygen atoms in total. The third kappa shape index (κ3) is 5.93. The minimum atomic E-state index is -0.769. The minimum absolute atomic E-state index is 0.206. The Bertz CT molecular complexity index is 1190. The molecule has 1 atom stereocenters. The van der Waals surface area contributed by atoms with Crippen LogP contribution in [0, 0.1) is 0 Å². The zero-order valence-electron chi connectivity index (χ0n) is 18.0. The van der Waals surface area contributed by atoms with Crippen LogP contribution in [0.1, 0.15) is 12.5 Å². The molecular weight excluding hydrogens is 460 g/mol. The summed E-state index contributed by atoms with van der Waals surface area (Å²) in [6, 6.07) is 16.3. The van der Waals surface area contributed by atoms with Crippen LogP contribution < -0.4 is 26.0 Å². The number of nitrogens with one attached hydrogen (secondary N) is 4. The molecule has 0 bridgehead atoms. The standard InChI is InChI=1S/C23H21ClN6O4/c1-14(31)26-20-11-10-19(12-25-20)34-18-8-6-17(7-9-18)27-21-28-22(32)29-23(33)30(21)13-15-2-4-16(24)5-3-15/h2-12,21,27H,13H2,1H3,(H,25,26,31)(H2,28,29,32,33). The fraction of sp³-hybridized carbons (Fsp3) is 0.130. The van der Waals surface area contributed by atoms with Crippen molar-refractivity contribution in [3.05, 3.63) is 77.4 Å². The Hall–Kier alpha value is -4.31. The van der Waals surface area contributed by atoms with Crippen LogP contribution in [0.2, 0.25) is 5.02 Å². The number of nitrogens with zero attached hydrogens (tertiary/aromatic N) is 2. The molecule has 1 unspecified atom stereocenters. The van der Waals surface area contributed by atoms with Crippen molar-refractivity contribution in [2.75, 3.05) is 10.6 Å². The first kappa shape index (κ1) is 22.9. The van der Waals surface area contributed by atoms with Crippen LogP contribution in [-0.2, 0) is 11.3 Å². The normalized spacial score (nSPS) is 15.2. The van der Waals surface area contributed by atoms with E-state index in [2.05, 4.69) is 26.3 Å². The quantitative estimate of drug-likeness (QED) is 0.403. The fourth-order valence-corrected chi connectivity index (χ4v) is 3.32. The van der Waals surface area contributed by atoms with E-state index in [0.29, 0.717) is 28.0 Å². The predicted octanol–water partition coefficient (Wildman–Crippen LogP) is 4.12. The monoisotopic (exact) mass is 480 g/mol. The zero-order chi connectivity index (χ0) is 24.1. The summed E-state index contributed by atoms with van der Waals surface area (Å²) in [6.07, 6.45) is 0.733. The van der Waals surface area contributed by atoms with E-state index >= 15 is 0 Å². The van der Waals surface area contributed by atoms with Gasteiger partial charge >= 0.3 is 12.1 Å². The molecule has 4 rings (SSSR count). The molecule has 5 amide bonds. The Kier molecular flexibility index (Phi) is 6.79. The van der Waals surface area contributed by atoms with Gasteiger partial charge in [0.05, 0.1) is 12.7 Å². The SMILES string of the molecule is CC(=O)Nc1ccc(Oc2ccc(NC3NC(=O)NC(=O)N3Cc3ccc(Cl)cc3)cc2)cn1. The van der Waals surface area contributed by atoms with Crippen molar-refractivity contribution in [3.8, 4) is 11.5 Å². The lowest BCUT2D eigenvalue weighted by atomic mass is 10.2. The summed E-state index contributed by atoms with van der Waals surface area (Å²) in [5.74, 6) is 1.28. The molecule has 2 heterocycles. The van der Waals surface area contributed by atoms with E-state index in [0.717, 1.165) is 5.56 Å². The van der Waals surface area contributed by atoms with Gasteiger partial charge in [0.25, 0.3) is 0 Å². The van der Waals surface area contributed by atoms with Gasteiger partial charge < -0.3 is 15.4 Å². The Morgan fingerprint density at radius 1 is 1.06 bits per heavy atom. The average molecular weight is 481 g/mol. The number of urea groups is 2. The van der Waals surface area contributed by atoms with Crippen LogP contribution in [0.5, 0.6) is 11.5 Å². The van der Waals surface area contributed by atoms with E-state index in [-0.39, 0.29) is 12.5 Å². The molecule has 1 saturated heterocycles. The van der Waals surface area contributed by atoms with Crippen LogP contribution in [0.4, 0.5) is 21.1 Å². The van der Waals surface area contributed by atoms with Gasteiger partial charge in [-0.3, -0.25) is 20.3 Å². The highest BCUT2D eigenvalue weighted by molar-refractivity contribution is 6.30. The molecule has 34 heavy (non-hydrogen) atoms. The zero-order valence-corrected chi connectivity index (χ0v) is 18.8. The molecule has 1 aromatic heterocycles. The molecule has 0 radical (unpaired) electrons. The Morgan fingerprint density at radius 2 is 1.76 bits per heavy atom. The average Bonchev–Trinajstić information content (AvgIpc) is 2.80. The number of ether oxygens (including phenoxy) is 1. The predicted molar refractivity (Wildman–Crippen MR) is 127 cm³/mol. The summed E-state index contributed by atoms with van der Waals surface area (Å²) in [5.41, 5.74) is 1.51. The first-order chi connectivity index (χ1) is 16.4. The molecule has 1 aliphatic rings. The van der Waals surface area contributed by atoms with Crippen molar-refractivity contribution >= 4 is 41.1 Å². The molecule has 1 aliphatic heterocycles. The highest BCUT2D eigenvalue weighted by atomic mass is 35.5. The smallest absolute Gasteiger partial charge is 0.328 e. The highest BCUT2D eigenvalue weighted by Gasteiger charge is 2.31. The molecule has 1 fully saturated rings. The van der Waals surface area contributed by atoms with Crippen LogP contribution >= 0.6 is 11.6 Å². The van der Waals surface area contributed by atoms with Crippen molar-refractivity contribution in [2.45, 2.75) is 19.8 Å². The summed E-state index contributed by atoms with van der Waals surface area (Å²) < 4.78 is 5.77. The Balaban J connectivity index is 1.41. The van der Waals surface area contributed by atoms with Gasteiger partial charge in [-0.15, -0.1) is 0 Å². The van der Waals surface area contributed by atoms with E-state index in [9.17, 15) is 14.4 Å². The molecule has 174 valence electrons. The van der Waals surface area contributed by atoms with Crippen LogP contribution in [-0.4, -0.2) is 34.1 Å². The molecular formula is C23H21ClN6O4. The summed E-state index contributed by atoms with van der Waals surface area (Å²) in [7, 11) is 0. The molecule has 0 saturated carbocycles. The summed E-state index contributed by atoms with van der Waals surface area (Å²) in [4.78, 5) is 41.0. The molecule has 3 aromatic rings. The van der Waals surface area contributed by atoms with Gasteiger partial charge in [0.2, 0.25) is 5.91 Å². The second kappa shape index (κ2) is 10.1. The van der Waals surface area contributed by atoms with Crippen LogP contribution in [0.3, 0.4) is 0 Å². The lowest BCUT2D eigenvalue weighted by Gasteiger charge is -2.36. The minimum Gasteiger partial charge on any atom is -0.456 e. The van der Waals surface area contributed by atoms with Gasteiger partial charge in [-0.25, -0.2) is 14.6 Å². The molecule has 0 spiro atoms. The lowest BCUT2D eigenvalue weighted by Crippen LogP contribution is -2.65. The third-order valence-electron chi connectivity index (χ3n) is 4.76. The van der Waals surface area contributed by atoms with Gasteiger partial charge in [-0.2, -0.15) is 0 Å². The summed E-state index contributed by atoms with van der Waals surface area (Å²) in [6.45, 7) is 1.66. The second-order valence-corrected chi connectivity index (χ2v) is 7.83. The molecule has 4 N–H and O–H groups in total. The lowest BCUT2D eigenvalue weighted by molar-refractivity contribution is -0.114. The first-order valence-corrected chi connectivity index (χ1v) is 10.6. The van der Waals surface area contributed by atoms with Crippen molar-refractivity contribution in [3.63, 3.8) is 0 Å². The van der Waals surface area contributed by atoms with E-state index < -0.39 is 18.4 Å². The number of rotatable bonds is 7.